The lowest BCUT2D eigenvalue weighted by Crippen LogP contribution is -2.57. The molecule has 11 N–H and O–H groups in total. The number of nitrogens with one attached hydrogen (secondary N) is 6. The van der Waals surface area contributed by atoms with Crippen molar-refractivity contribution < 1.29 is 58.5 Å². The Morgan fingerprint density at radius 2 is 1.35 bits per heavy atom. The first-order valence-corrected chi connectivity index (χ1v) is 15.9. The number of carbonyl (C=O) groups excluding carboxylic acids is 7. The van der Waals surface area contributed by atoms with E-state index in [1.54, 1.807) is 0 Å². The summed E-state index contributed by atoms with van der Waals surface area (Å²) < 4.78 is 0. The van der Waals surface area contributed by atoms with Crippen molar-refractivity contribution in [3.05, 3.63) is 0 Å². The lowest BCUT2D eigenvalue weighted by molar-refractivity contribution is -0.144. The maximum absolute atomic E-state index is 12.9. The zero-order chi connectivity index (χ0) is 36.6. The normalized spacial score (nSPS) is 17.0. The first-order chi connectivity index (χ1) is 22.6. The molecule has 1 aliphatic rings. The lowest BCUT2D eigenvalue weighted by atomic mass is 10.1. The van der Waals surface area contributed by atoms with E-state index >= 15 is 0 Å². The largest absolute Gasteiger partial charge is 0.481 e. The highest BCUT2D eigenvalue weighted by Crippen LogP contribution is 2.18. The molecule has 0 unspecified atom stereocenters. The van der Waals surface area contributed by atoms with Crippen LogP contribution in [0.2, 0.25) is 0 Å². The minimum Gasteiger partial charge on any atom is -0.481 e. The molecular formula is C26H42N8O12S2. The second-order valence-corrected chi connectivity index (χ2v) is 11.3. The van der Waals surface area contributed by atoms with Gasteiger partial charge in [-0.3, -0.25) is 38.4 Å². The van der Waals surface area contributed by atoms with Crippen LogP contribution >= 0.6 is 25.3 Å². The van der Waals surface area contributed by atoms with Gasteiger partial charge in [0.15, 0.2) is 0 Å². The van der Waals surface area contributed by atoms with Crippen molar-refractivity contribution in [3.63, 3.8) is 0 Å². The van der Waals surface area contributed by atoms with E-state index in [1.165, 1.54) is 6.92 Å². The molecule has 0 aliphatic carbocycles. The van der Waals surface area contributed by atoms with Crippen molar-refractivity contribution in [1.82, 2.24) is 36.8 Å². The topological polar surface area (TPSA) is 316 Å². The third kappa shape index (κ3) is 13.9. The molecule has 1 heterocycles. The van der Waals surface area contributed by atoms with E-state index < -0.39 is 116 Å². The molecule has 270 valence electrons. The minimum absolute atomic E-state index is 0.137. The number of rotatable bonds is 20. The van der Waals surface area contributed by atoms with Gasteiger partial charge in [-0.05, 0) is 26.2 Å². The summed E-state index contributed by atoms with van der Waals surface area (Å²) in [5.74, 6) is -8.72. The maximum Gasteiger partial charge on any atom is 0.326 e. The molecule has 20 nitrogen and oxygen atoms in total. The average molecular weight is 723 g/mol. The molecule has 0 spiro atoms. The smallest absolute Gasteiger partial charge is 0.326 e. The molecule has 1 aliphatic heterocycles. The van der Waals surface area contributed by atoms with Gasteiger partial charge in [-0.1, -0.05) is 0 Å². The van der Waals surface area contributed by atoms with Crippen LogP contribution in [-0.2, 0) is 43.2 Å². The van der Waals surface area contributed by atoms with Crippen molar-refractivity contribution in [2.75, 3.05) is 37.7 Å². The number of nitrogens with two attached hydrogens (primary N) is 1. The molecule has 22 heteroatoms. The number of hydrogen-bond acceptors (Lipinski definition) is 13. The molecule has 0 aromatic rings. The van der Waals surface area contributed by atoms with Gasteiger partial charge in [0.1, 0.15) is 30.2 Å². The summed E-state index contributed by atoms with van der Waals surface area (Å²) in [6, 6.07) is -7.43. The van der Waals surface area contributed by atoms with Crippen molar-refractivity contribution in [2.24, 2.45) is 5.73 Å². The van der Waals surface area contributed by atoms with E-state index in [-0.39, 0.29) is 30.9 Å². The summed E-state index contributed by atoms with van der Waals surface area (Å²) in [5.41, 5.74) is 5.41. The fourth-order valence-electron chi connectivity index (χ4n) is 4.21. The van der Waals surface area contributed by atoms with Crippen LogP contribution in [-0.4, -0.2) is 148 Å². The Morgan fingerprint density at radius 3 is 1.90 bits per heavy atom. The van der Waals surface area contributed by atoms with Crippen LogP contribution in [0.5, 0.6) is 0 Å². The van der Waals surface area contributed by atoms with Crippen LogP contribution in [0.3, 0.4) is 0 Å². The second kappa shape index (κ2) is 21.0. The first kappa shape index (κ1) is 41.9. The molecule has 7 amide bonds. The molecule has 0 radical (unpaired) electrons. The SMILES string of the molecule is C[C@H](N)C(=O)N[C@@H](CO)C(=O)NCC(=O)N[C@@H](CS)C(=O)N[C@@H](CS)C(=O)NCC(=O)N1CCC[C@H]1C(=O)N[C@@H](CCC(=O)O)C(=O)O. The molecule has 48 heavy (non-hydrogen) atoms. The molecule has 1 rings (SSSR count). The molecule has 0 saturated carbocycles. The number of aliphatic hydroxyl groups excluding tert-OH is 1. The minimum atomic E-state index is -1.48. The number of aliphatic carboxylic acids is 2. The van der Waals surface area contributed by atoms with E-state index in [1.807, 2.05) is 0 Å². The number of amides is 7. The average Bonchev–Trinajstić information content (AvgIpc) is 3.54. The van der Waals surface area contributed by atoms with Gasteiger partial charge in [0.05, 0.1) is 25.7 Å². The Labute approximate surface area is 285 Å². The van der Waals surface area contributed by atoms with E-state index in [0.717, 1.165) is 4.90 Å². The van der Waals surface area contributed by atoms with E-state index in [2.05, 4.69) is 57.2 Å². The summed E-state index contributed by atoms with van der Waals surface area (Å²) in [6.45, 7) is -0.505. The third-order valence-electron chi connectivity index (χ3n) is 6.85. The van der Waals surface area contributed by atoms with Crippen LogP contribution in [0.25, 0.3) is 0 Å². The Bertz CT molecular complexity index is 1220. The zero-order valence-electron chi connectivity index (χ0n) is 26.0. The number of likely N-dealkylation sites (tertiary alicyclic amines) is 1. The van der Waals surface area contributed by atoms with Crippen molar-refractivity contribution in [1.29, 1.82) is 0 Å². The highest BCUT2D eigenvalue weighted by atomic mass is 32.1. The van der Waals surface area contributed by atoms with E-state index in [9.17, 15) is 53.4 Å². The number of carbonyl (C=O) groups is 9. The Balaban J connectivity index is 2.68. The van der Waals surface area contributed by atoms with Gasteiger partial charge < -0.3 is 57.9 Å². The van der Waals surface area contributed by atoms with Crippen LogP contribution in [0.15, 0.2) is 0 Å². The van der Waals surface area contributed by atoms with Crippen molar-refractivity contribution in [2.45, 2.75) is 68.9 Å². The summed E-state index contributed by atoms with van der Waals surface area (Å²) in [5, 5.41) is 41.1. The fourth-order valence-corrected chi connectivity index (χ4v) is 4.73. The fraction of sp³-hybridized carbons (Fsp3) is 0.654. The molecular weight excluding hydrogens is 680 g/mol. The Morgan fingerprint density at radius 1 is 0.792 bits per heavy atom. The Kier molecular flexibility index (Phi) is 18.3. The monoisotopic (exact) mass is 722 g/mol. The van der Waals surface area contributed by atoms with Gasteiger partial charge in [0.2, 0.25) is 41.4 Å². The number of carboxylic acid groups (broad SMARTS) is 2. The number of carboxylic acids is 2. The highest BCUT2D eigenvalue weighted by molar-refractivity contribution is 7.80. The first-order valence-electron chi connectivity index (χ1n) is 14.6. The summed E-state index contributed by atoms with van der Waals surface area (Å²) >= 11 is 8.07. The highest BCUT2D eigenvalue weighted by Gasteiger charge is 2.36. The van der Waals surface area contributed by atoms with Gasteiger partial charge in [-0.2, -0.15) is 25.3 Å². The molecule has 1 fully saturated rings. The quantitative estimate of drug-likeness (QED) is 0.0522. The van der Waals surface area contributed by atoms with Gasteiger partial charge in [0.25, 0.3) is 0 Å². The molecule has 0 aromatic heterocycles. The van der Waals surface area contributed by atoms with E-state index in [0.29, 0.717) is 6.42 Å². The summed E-state index contributed by atoms with van der Waals surface area (Å²) in [6.07, 6.45) is -0.243. The number of thiol groups is 2. The second-order valence-electron chi connectivity index (χ2n) is 10.6. The van der Waals surface area contributed by atoms with Crippen LogP contribution in [0, 0.1) is 0 Å². The summed E-state index contributed by atoms with van der Waals surface area (Å²) in [7, 11) is 0. The van der Waals surface area contributed by atoms with Crippen LogP contribution in [0.4, 0.5) is 0 Å². The standard InChI is InChI=1S/C26H42N8O12S2/c1-12(27)21(40)32-14(9-35)22(41)28-7-18(36)30-16(11-48)24(43)33-15(10-47)23(42)29-8-19(37)34-6-2-3-17(34)25(44)31-13(26(45)46)4-5-20(38)39/h12-17,35,47-48H,2-11,27H2,1H3,(H,28,41)(H,29,42)(H,30,36)(H,31,44)(H,32,40)(H,33,43)(H,38,39)(H,45,46)/t12-,13-,14-,15-,16-,17-/m0/s1. The lowest BCUT2D eigenvalue weighted by Gasteiger charge is -2.26. The van der Waals surface area contributed by atoms with Crippen LogP contribution in [0.1, 0.15) is 32.6 Å². The zero-order valence-corrected chi connectivity index (χ0v) is 27.8. The Hall–Kier alpha value is -4.15. The summed E-state index contributed by atoms with van der Waals surface area (Å²) in [4.78, 5) is 111. The third-order valence-corrected chi connectivity index (χ3v) is 7.58. The van der Waals surface area contributed by atoms with Crippen molar-refractivity contribution in [3.8, 4) is 0 Å². The maximum atomic E-state index is 12.9. The molecule has 0 aromatic carbocycles. The predicted octanol–water partition coefficient (Wildman–Crippen LogP) is -5.70. The van der Waals surface area contributed by atoms with Gasteiger partial charge in [0, 0.05) is 24.5 Å². The molecule has 1 saturated heterocycles. The number of aliphatic hydroxyl groups is 1. The number of nitrogens with zero attached hydrogens (tertiary/aromatic N) is 1. The van der Waals surface area contributed by atoms with Gasteiger partial charge >= 0.3 is 11.9 Å². The molecule has 0 bridgehead atoms. The van der Waals surface area contributed by atoms with E-state index in [4.69, 9.17) is 10.8 Å². The van der Waals surface area contributed by atoms with Crippen molar-refractivity contribution >= 4 is 78.5 Å². The number of hydrogen-bond donors (Lipinski definition) is 12. The molecule has 6 atom stereocenters. The van der Waals surface area contributed by atoms with Gasteiger partial charge in [-0.15, -0.1) is 0 Å². The van der Waals surface area contributed by atoms with Gasteiger partial charge in [-0.25, -0.2) is 4.79 Å². The van der Waals surface area contributed by atoms with Crippen LogP contribution < -0.4 is 37.6 Å². The predicted molar refractivity (Wildman–Crippen MR) is 171 cm³/mol.